The van der Waals surface area contributed by atoms with E-state index >= 15 is 8.78 Å². The van der Waals surface area contributed by atoms with Gasteiger partial charge in [0.15, 0.2) is 17.0 Å². The number of aromatic nitrogens is 1. The number of carbonyl (C=O) groups excluding carboxylic acids is 1. The maximum absolute atomic E-state index is 15.7. The fourth-order valence-corrected chi connectivity index (χ4v) is 6.26. The molecule has 14 heteroatoms. The zero-order valence-electron chi connectivity index (χ0n) is 21.7. The molecule has 0 aliphatic carbocycles. The maximum atomic E-state index is 15.7. The Balaban J connectivity index is 1.83. The van der Waals surface area contributed by atoms with Gasteiger partial charge in [0.25, 0.3) is 10.0 Å². The smallest absolute Gasteiger partial charge is 0.271 e. The van der Waals surface area contributed by atoms with Gasteiger partial charge in [-0.15, -0.1) is 0 Å². The second-order valence-electron chi connectivity index (χ2n) is 8.90. The fraction of sp³-hybridized carbons (Fsp3) is 0.308. The molecular weight excluding hydrogens is 575 g/mol. The summed E-state index contributed by atoms with van der Waals surface area (Å²) in [5.74, 6) is -3.84. The third kappa shape index (κ3) is 5.40. The van der Waals surface area contributed by atoms with Crippen molar-refractivity contribution in [3.63, 3.8) is 0 Å². The standard InChI is InChI=1S/C26H25ClF3N3O6S/c1-37-17-8-7-16(20(11-17)38-2)13-33(22-6-4-5-21(29)31-22)40(35,36)25-18(28)12-19(23(27)24(25)30)32-10-9-26(14-32,15-34)39-3/h4-8,11-12,15H,9-10,13-14H2,1-3H3/t26-/m0/s1. The van der Waals surface area contributed by atoms with E-state index in [1.807, 2.05) is 0 Å². The lowest BCUT2D eigenvalue weighted by Crippen LogP contribution is -2.37. The summed E-state index contributed by atoms with van der Waals surface area (Å²) in [4.78, 5) is 15.2. The molecule has 1 atom stereocenters. The normalized spacial score (nSPS) is 17.1. The van der Waals surface area contributed by atoms with Crippen LogP contribution in [0.3, 0.4) is 0 Å². The highest BCUT2D eigenvalue weighted by Crippen LogP contribution is 2.40. The average Bonchev–Trinajstić information content (AvgIpc) is 3.38. The quantitative estimate of drug-likeness (QED) is 0.193. The van der Waals surface area contributed by atoms with Crippen LogP contribution < -0.4 is 18.7 Å². The summed E-state index contributed by atoms with van der Waals surface area (Å²) < 4.78 is 89.4. The molecule has 1 fully saturated rings. The van der Waals surface area contributed by atoms with Crippen LogP contribution in [-0.2, 0) is 26.1 Å². The summed E-state index contributed by atoms with van der Waals surface area (Å²) in [7, 11) is -0.974. The van der Waals surface area contributed by atoms with E-state index < -0.39 is 55.5 Å². The summed E-state index contributed by atoms with van der Waals surface area (Å²) in [6, 6.07) is 8.66. The van der Waals surface area contributed by atoms with E-state index in [-0.39, 0.29) is 36.5 Å². The Hall–Kier alpha value is -3.55. The van der Waals surface area contributed by atoms with Crippen molar-refractivity contribution >= 4 is 39.4 Å². The van der Waals surface area contributed by atoms with Gasteiger partial charge in [-0.25, -0.2) is 26.5 Å². The Morgan fingerprint density at radius 2 is 1.88 bits per heavy atom. The number of halogens is 4. The van der Waals surface area contributed by atoms with E-state index in [0.717, 1.165) is 12.1 Å². The van der Waals surface area contributed by atoms with Crippen molar-refractivity contribution in [3.8, 4) is 11.5 Å². The number of aldehydes is 1. The Bertz CT molecular complexity index is 1540. The topological polar surface area (TPSA) is 98.3 Å². The van der Waals surface area contributed by atoms with E-state index in [2.05, 4.69) is 4.98 Å². The van der Waals surface area contributed by atoms with Crippen molar-refractivity contribution in [2.45, 2.75) is 23.5 Å². The van der Waals surface area contributed by atoms with Crippen molar-refractivity contribution < 1.29 is 40.6 Å². The largest absolute Gasteiger partial charge is 0.497 e. The average molecular weight is 600 g/mol. The number of benzene rings is 2. The van der Waals surface area contributed by atoms with Crippen LogP contribution in [-0.4, -0.2) is 59.7 Å². The van der Waals surface area contributed by atoms with Crippen LogP contribution in [0.5, 0.6) is 11.5 Å². The van der Waals surface area contributed by atoms with Crippen molar-refractivity contribution in [2.24, 2.45) is 0 Å². The molecule has 0 bridgehead atoms. The van der Waals surface area contributed by atoms with Gasteiger partial charge >= 0.3 is 0 Å². The predicted molar refractivity (Wildman–Crippen MR) is 141 cm³/mol. The minimum atomic E-state index is -5.08. The number of ether oxygens (including phenoxy) is 3. The van der Waals surface area contributed by atoms with Gasteiger partial charge in [0.05, 0.1) is 33.0 Å². The maximum Gasteiger partial charge on any atom is 0.271 e. The minimum Gasteiger partial charge on any atom is -0.497 e. The monoisotopic (exact) mass is 599 g/mol. The molecule has 2 aromatic carbocycles. The van der Waals surface area contributed by atoms with Gasteiger partial charge in [0.1, 0.15) is 33.8 Å². The molecule has 40 heavy (non-hydrogen) atoms. The van der Waals surface area contributed by atoms with Crippen molar-refractivity contribution in [1.82, 2.24) is 4.98 Å². The molecule has 0 N–H and O–H groups in total. The second kappa shape index (κ2) is 11.5. The van der Waals surface area contributed by atoms with Gasteiger partial charge in [0.2, 0.25) is 5.95 Å². The first kappa shape index (κ1) is 29.4. The highest BCUT2D eigenvalue weighted by atomic mass is 35.5. The number of anilines is 2. The summed E-state index contributed by atoms with van der Waals surface area (Å²) in [6.45, 7) is -0.409. The van der Waals surface area contributed by atoms with Crippen LogP contribution in [0, 0.1) is 17.6 Å². The number of hydrogen-bond acceptors (Lipinski definition) is 8. The van der Waals surface area contributed by atoms with Crippen LogP contribution in [0.15, 0.2) is 47.4 Å². The Morgan fingerprint density at radius 3 is 2.48 bits per heavy atom. The van der Waals surface area contributed by atoms with Crippen LogP contribution >= 0.6 is 11.6 Å². The molecule has 0 radical (unpaired) electrons. The summed E-state index contributed by atoms with van der Waals surface area (Å²) in [6.07, 6.45) is 0.832. The molecule has 4 rings (SSSR count). The van der Waals surface area contributed by atoms with Crippen LogP contribution in [0.4, 0.5) is 24.7 Å². The Morgan fingerprint density at radius 1 is 1.12 bits per heavy atom. The van der Waals surface area contributed by atoms with Gasteiger partial charge < -0.3 is 23.9 Å². The van der Waals surface area contributed by atoms with Crippen molar-refractivity contribution in [3.05, 3.63) is 70.6 Å². The number of sulfonamides is 1. The van der Waals surface area contributed by atoms with E-state index in [9.17, 15) is 17.6 Å². The van der Waals surface area contributed by atoms with Crippen LogP contribution in [0.1, 0.15) is 12.0 Å². The van der Waals surface area contributed by atoms with Crippen molar-refractivity contribution in [1.29, 1.82) is 0 Å². The third-order valence-corrected chi connectivity index (χ3v) is 8.78. The molecule has 2 heterocycles. The SMILES string of the molecule is COc1ccc(CN(c2cccc(F)n2)S(=O)(=O)c2c(F)cc(N3CC[C@](C=O)(OC)C3)c(Cl)c2F)c(OC)c1. The Labute approximate surface area is 234 Å². The molecule has 0 unspecified atom stereocenters. The van der Waals surface area contributed by atoms with Gasteiger partial charge in [-0.05, 0) is 24.3 Å². The second-order valence-corrected chi connectivity index (χ2v) is 11.1. The fourth-order valence-electron chi connectivity index (χ4n) is 4.43. The Kier molecular flexibility index (Phi) is 8.47. The number of nitrogens with zero attached hydrogens (tertiary/aromatic N) is 3. The summed E-state index contributed by atoms with van der Waals surface area (Å²) in [5, 5.41) is -0.674. The molecule has 1 saturated heterocycles. The first-order valence-corrected chi connectivity index (χ1v) is 13.6. The van der Waals surface area contributed by atoms with Crippen molar-refractivity contribution in [2.75, 3.05) is 43.6 Å². The van der Waals surface area contributed by atoms with Gasteiger partial charge in [0, 0.05) is 37.8 Å². The van der Waals surface area contributed by atoms with E-state index in [1.54, 1.807) is 0 Å². The van der Waals surface area contributed by atoms with E-state index in [0.29, 0.717) is 16.3 Å². The minimum absolute atomic E-state index is 0.0473. The highest BCUT2D eigenvalue weighted by Gasteiger charge is 2.41. The van der Waals surface area contributed by atoms with Gasteiger partial charge in [-0.2, -0.15) is 4.39 Å². The first-order chi connectivity index (χ1) is 19.0. The lowest BCUT2D eigenvalue weighted by Gasteiger charge is -2.27. The molecule has 0 spiro atoms. The van der Waals surface area contributed by atoms with E-state index in [1.165, 1.54) is 56.6 Å². The molecule has 3 aromatic rings. The summed E-state index contributed by atoms with van der Waals surface area (Å²) >= 11 is 6.25. The molecule has 9 nitrogen and oxygen atoms in total. The zero-order chi connectivity index (χ0) is 29.2. The molecule has 214 valence electrons. The molecule has 1 aromatic heterocycles. The number of carbonyl (C=O) groups is 1. The van der Waals surface area contributed by atoms with Crippen LogP contribution in [0.2, 0.25) is 5.02 Å². The third-order valence-electron chi connectivity index (χ3n) is 6.63. The molecule has 0 amide bonds. The number of rotatable bonds is 10. The summed E-state index contributed by atoms with van der Waals surface area (Å²) in [5.41, 5.74) is -1.08. The molecule has 1 aliphatic rings. The number of pyridine rings is 1. The molecule has 1 aliphatic heterocycles. The number of methoxy groups -OCH3 is 3. The lowest BCUT2D eigenvalue weighted by atomic mass is 10.1. The van der Waals surface area contributed by atoms with Crippen LogP contribution in [0.25, 0.3) is 0 Å². The highest BCUT2D eigenvalue weighted by molar-refractivity contribution is 7.92. The van der Waals surface area contributed by atoms with E-state index in [4.69, 9.17) is 25.8 Å². The number of hydrogen-bond donors (Lipinski definition) is 0. The predicted octanol–water partition coefficient (Wildman–Crippen LogP) is 4.36. The molecule has 0 saturated carbocycles. The van der Waals surface area contributed by atoms with Gasteiger partial charge in [-0.3, -0.25) is 0 Å². The zero-order valence-corrected chi connectivity index (χ0v) is 23.2. The van der Waals surface area contributed by atoms with Gasteiger partial charge in [-0.1, -0.05) is 17.7 Å². The molecular formula is C26H25ClF3N3O6S. The lowest BCUT2D eigenvalue weighted by molar-refractivity contribution is -0.125. The first-order valence-electron chi connectivity index (χ1n) is 11.8.